The van der Waals surface area contributed by atoms with Crippen LogP contribution in [0.3, 0.4) is 0 Å². The molecule has 4 heteroatoms. The quantitative estimate of drug-likeness (QED) is 0.332. The average molecular weight is 430 g/mol. The molecule has 1 aliphatic rings. The van der Waals surface area contributed by atoms with Crippen LogP contribution in [-0.2, 0) is 11.0 Å². The van der Waals surface area contributed by atoms with Crippen molar-refractivity contribution in [3.63, 3.8) is 0 Å². The summed E-state index contributed by atoms with van der Waals surface area (Å²) in [5.74, 6) is 2.95. The second kappa shape index (κ2) is 15.1. The molecular formula is C27H32F3O. The summed E-state index contributed by atoms with van der Waals surface area (Å²) in [6.07, 6.45) is 12.2. The van der Waals surface area contributed by atoms with E-state index in [1.165, 1.54) is 24.1 Å². The molecule has 0 N–H and O–H groups in total. The maximum absolute atomic E-state index is 12.1. The molecule has 167 valence electrons. The van der Waals surface area contributed by atoms with Crippen molar-refractivity contribution in [3.8, 4) is 12.3 Å². The first-order valence-electron chi connectivity index (χ1n) is 10.5. The molecule has 0 aromatic heterocycles. The van der Waals surface area contributed by atoms with Gasteiger partial charge in [0.1, 0.15) is 0 Å². The van der Waals surface area contributed by atoms with E-state index in [2.05, 4.69) is 32.4 Å². The van der Waals surface area contributed by atoms with Crippen LogP contribution in [0.5, 0.6) is 0 Å². The van der Waals surface area contributed by atoms with Gasteiger partial charge in [0.05, 0.1) is 17.6 Å². The molecular weight excluding hydrogens is 397 g/mol. The van der Waals surface area contributed by atoms with Crippen LogP contribution in [0.1, 0.15) is 65.0 Å². The fraction of sp³-hybridized carbons (Fsp3) is 0.370. The minimum atomic E-state index is -4.31. The van der Waals surface area contributed by atoms with Crippen molar-refractivity contribution < 1.29 is 18.0 Å². The molecule has 0 aliphatic heterocycles. The summed E-state index contributed by atoms with van der Waals surface area (Å²) in [5.41, 5.74) is 4.69. The summed E-state index contributed by atoms with van der Waals surface area (Å²) >= 11 is 0. The number of ketones is 1. The SMILES string of the molecule is C#C[CH]c1cccc(C(F)(F)F)c1.CC.CCC1=CC=C=C(C(=O)CCC(C)C)C=C1. The molecule has 1 aliphatic carbocycles. The molecule has 0 saturated heterocycles. The minimum absolute atomic E-state index is 0.201. The molecule has 0 amide bonds. The molecule has 0 heterocycles. The van der Waals surface area contributed by atoms with Gasteiger partial charge in [0.25, 0.3) is 0 Å². The number of allylic oxidation sites excluding steroid dienone is 5. The Morgan fingerprint density at radius 1 is 1.23 bits per heavy atom. The molecule has 31 heavy (non-hydrogen) atoms. The van der Waals surface area contributed by atoms with Crippen LogP contribution in [0, 0.1) is 24.7 Å². The van der Waals surface area contributed by atoms with E-state index >= 15 is 0 Å². The molecule has 1 aromatic rings. The molecule has 1 nitrogen and oxygen atoms in total. The first kappa shape index (κ1) is 28.2. The number of terminal acetylenes is 1. The van der Waals surface area contributed by atoms with E-state index in [1.807, 2.05) is 38.2 Å². The van der Waals surface area contributed by atoms with Crippen molar-refractivity contribution in [1.82, 2.24) is 0 Å². The van der Waals surface area contributed by atoms with Crippen LogP contribution in [0.25, 0.3) is 0 Å². The molecule has 2 rings (SSSR count). The number of halogens is 3. The predicted octanol–water partition coefficient (Wildman–Crippen LogP) is 7.90. The molecule has 1 radical (unpaired) electrons. The van der Waals surface area contributed by atoms with Gasteiger partial charge in [0.2, 0.25) is 0 Å². The molecule has 1 aromatic carbocycles. The van der Waals surface area contributed by atoms with Gasteiger partial charge < -0.3 is 0 Å². The standard InChI is InChI=1S/C15H20O.C10H6F3.C2H6/c1-4-13-6-5-7-14(10-9-13)15(16)11-8-12(2)3;1-2-4-8-5-3-6-9(7-8)10(11,12)13;1-2/h5-6,9-10,12H,4,8,11H2,1-3H3;1,3-7H;1-2H3. The van der Waals surface area contributed by atoms with Crippen molar-refractivity contribution in [2.75, 3.05) is 0 Å². The Morgan fingerprint density at radius 2 is 1.90 bits per heavy atom. The maximum atomic E-state index is 12.1. The molecule has 0 spiro atoms. The highest BCUT2D eigenvalue weighted by molar-refractivity contribution is 5.98. The lowest BCUT2D eigenvalue weighted by atomic mass is 10.0. The van der Waals surface area contributed by atoms with Crippen LogP contribution in [0.15, 0.2) is 65.4 Å². The van der Waals surface area contributed by atoms with Crippen LogP contribution >= 0.6 is 0 Å². The number of Topliss-reactive ketones (excluding diaryl/α,β-unsaturated/α-hetero) is 1. The summed E-state index contributed by atoms with van der Waals surface area (Å²) in [4.78, 5) is 11.9. The smallest absolute Gasteiger partial charge is 0.293 e. The van der Waals surface area contributed by atoms with E-state index in [9.17, 15) is 18.0 Å². The zero-order valence-electron chi connectivity index (χ0n) is 19.0. The molecule has 0 atom stereocenters. The second-order valence-electron chi connectivity index (χ2n) is 6.94. The third-order valence-corrected chi connectivity index (χ3v) is 4.12. The molecule has 0 saturated carbocycles. The van der Waals surface area contributed by atoms with Gasteiger partial charge in [-0.1, -0.05) is 70.9 Å². The van der Waals surface area contributed by atoms with E-state index < -0.39 is 11.7 Å². The van der Waals surface area contributed by atoms with Gasteiger partial charge in [-0.05, 0) is 48.1 Å². The maximum Gasteiger partial charge on any atom is 0.416 e. The summed E-state index contributed by atoms with van der Waals surface area (Å²) in [6, 6.07) is 4.87. The number of hydrogen-bond acceptors (Lipinski definition) is 1. The third-order valence-electron chi connectivity index (χ3n) is 4.12. The highest BCUT2D eigenvalue weighted by Crippen LogP contribution is 2.29. The van der Waals surface area contributed by atoms with Crippen molar-refractivity contribution in [1.29, 1.82) is 0 Å². The lowest BCUT2D eigenvalue weighted by molar-refractivity contribution is -0.137. The monoisotopic (exact) mass is 429 g/mol. The fourth-order valence-electron chi connectivity index (χ4n) is 2.40. The number of hydrogen-bond donors (Lipinski definition) is 0. The van der Waals surface area contributed by atoms with Crippen molar-refractivity contribution in [2.24, 2.45) is 5.92 Å². The molecule has 0 fully saturated rings. The lowest BCUT2D eigenvalue weighted by Crippen LogP contribution is -2.04. The molecule has 0 unspecified atom stereocenters. The van der Waals surface area contributed by atoms with Crippen LogP contribution < -0.4 is 0 Å². The van der Waals surface area contributed by atoms with Gasteiger partial charge in [0.15, 0.2) is 5.78 Å². The Labute approximate surface area is 185 Å². The Balaban J connectivity index is 0.000000547. The van der Waals surface area contributed by atoms with Gasteiger partial charge in [-0.15, -0.1) is 12.2 Å². The Morgan fingerprint density at radius 3 is 2.45 bits per heavy atom. The van der Waals surface area contributed by atoms with Crippen LogP contribution in [-0.4, -0.2) is 5.78 Å². The molecule has 0 bridgehead atoms. The van der Waals surface area contributed by atoms with E-state index in [0.29, 0.717) is 23.5 Å². The van der Waals surface area contributed by atoms with Crippen molar-refractivity contribution in [3.05, 3.63) is 83.0 Å². The number of rotatable bonds is 6. The van der Waals surface area contributed by atoms with E-state index in [0.717, 1.165) is 25.0 Å². The van der Waals surface area contributed by atoms with Gasteiger partial charge in [0, 0.05) is 6.42 Å². The van der Waals surface area contributed by atoms with Gasteiger partial charge in [-0.25, -0.2) is 0 Å². The number of benzene rings is 1. The Hall–Kier alpha value is -2.76. The summed E-state index contributed by atoms with van der Waals surface area (Å²) < 4.78 is 36.4. The van der Waals surface area contributed by atoms with Crippen LogP contribution in [0.2, 0.25) is 0 Å². The van der Waals surface area contributed by atoms with Gasteiger partial charge in [-0.3, -0.25) is 4.79 Å². The largest absolute Gasteiger partial charge is 0.416 e. The van der Waals surface area contributed by atoms with Gasteiger partial charge >= 0.3 is 6.18 Å². The average Bonchev–Trinajstić information content (AvgIpc) is 2.99. The van der Waals surface area contributed by atoms with Crippen LogP contribution in [0.4, 0.5) is 13.2 Å². The van der Waals surface area contributed by atoms with E-state index in [4.69, 9.17) is 6.42 Å². The number of alkyl halides is 3. The highest BCUT2D eigenvalue weighted by Gasteiger charge is 2.30. The fourth-order valence-corrected chi connectivity index (χ4v) is 2.40. The zero-order valence-corrected chi connectivity index (χ0v) is 19.0. The third kappa shape index (κ3) is 11.9. The lowest BCUT2D eigenvalue weighted by Gasteiger charge is -2.06. The number of carbonyl (C=O) groups is 1. The predicted molar refractivity (Wildman–Crippen MR) is 123 cm³/mol. The minimum Gasteiger partial charge on any atom is -0.293 e. The van der Waals surface area contributed by atoms with Crippen molar-refractivity contribution in [2.45, 2.75) is 60.1 Å². The Bertz CT molecular complexity index is 855. The topological polar surface area (TPSA) is 17.1 Å². The summed E-state index contributed by atoms with van der Waals surface area (Å²) in [5, 5.41) is 0. The first-order chi connectivity index (χ1) is 14.7. The van der Waals surface area contributed by atoms with E-state index in [1.54, 1.807) is 0 Å². The van der Waals surface area contributed by atoms with Gasteiger partial charge in [-0.2, -0.15) is 13.2 Å². The normalized spacial score (nSPS) is 12.4. The Kier molecular flexibility index (Phi) is 13.8. The van der Waals surface area contributed by atoms with Crippen molar-refractivity contribution >= 4 is 5.78 Å². The second-order valence-corrected chi connectivity index (χ2v) is 6.94. The zero-order chi connectivity index (χ0) is 23.9. The van der Waals surface area contributed by atoms with E-state index in [-0.39, 0.29) is 5.78 Å². The highest BCUT2D eigenvalue weighted by atomic mass is 19.4. The summed E-state index contributed by atoms with van der Waals surface area (Å²) in [7, 11) is 0. The summed E-state index contributed by atoms with van der Waals surface area (Å²) in [6.45, 7) is 10.4. The first-order valence-corrected chi connectivity index (χ1v) is 10.5. The number of carbonyl (C=O) groups excluding carboxylic acids is 1.